The molecule has 0 saturated heterocycles. The van der Waals surface area contributed by atoms with Gasteiger partial charge in [0.15, 0.2) is 6.20 Å². The van der Waals surface area contributed by atoms with Gasteiger partial charge in [-0.1, -0.05) is 13.8 Å². The van der Waals surface area contributed by atoms with Crippen LogP contribution in [0.15, 0.2) is 10.6 Å². The number of nitrogens with zero attached hydrogens (tertiary/aromatic N) is 2. The molecule has 0 aliphatic rings. The van der Waals surface area contributed by atoms with Crippen LogP contribution in [0.4, 0.5) is 0 Å². The summed E-state index contributed by atoms with van der Waals surface area (Å²) in [6, 6.07) is 0. The quantitative estimate of drug-likeness (QED) is 0.636. The molecule has 3 heterocycles. The fourth-order valence-electron chi connectivity index (χ4n) is 1.59. The van der Waals surface area contributed by atoms with E-state index in [1.54, 1.807) is 0 Å². The van der Waals surface area contributed by atoms with Crippen molar-refractivity contribution in [2.24, 2.45) is 0 Å². The van der Waals surface area contributed by atoms with Gasteiger partial charge in [0.05, 0.1) is 13.1 Å². The van der Waals surface area contributed by atoms with Crippen molar-refractivity contribution >= 4 is 11.6 Å². The summed E-state index contributed by atoms with van der Waals surface area (Å²) in [6.07, 6.45) is 4.43. The van der Waals surface area contributed by atoms with E-state index in [-0.39, 0.29) is 0 Å². The number of rotatable bonds is 4. The average molecular weight is 167 g/mol. The van der Waals surface area contributed by atoms with Crippen molar-refractivity contribution in [3.63, 3.8) is 0 Å². The predicted molar refractivity (Wildman–Crippen MR) is 46.2 cm³/mol. The summed E-state index contributed by atoms with van der Waals surface area (Å²) in [5.41, 5.74) is 1.03. The molecule has 12 heavy (non-hydrogen) atoms. The molecule has 0 fully saturated rings. The number of oxazole rings is 1. The van der Waals surface area contributed by atoms with E-state index in [9.17, 15) is 0 Å². The first-order valence-electron chi connectivity index (χ1n) is 4.67. The minimum absolute atomic E-state index is 1.03. The molecule has 0 unspecified atom stereocenters. The second-order valence-electron chi connectivity index (χ2n) is 3.20. The highest BCUT2D eigenvalue weighted by atomic mass is 16.4. The fourth-order valence-corrected chi connectivity index (χ4v) is 1.59. The van der Waals surface area contributed by atoms with Gasteiger partial charge < -0.3 is 4.42 Å². The summed E-state index contributed by atoms with van der Waals surface area (Å²) in [6.45, 7) is 6.52. The maximum absolute atomic E-state index is 5.41. The van der Waals surface area contributed by atoms with Gasteiger partial charge in [-0.25, -0.2) is 0 Å². The summed E-state index contributed by atoms with van der Waals surface area (Å²) >= 11 is 0. The molecule has 0 N–H and O–H groups in total. The first-order valence-corrected chi connectivity index (χ1v) is 4.67. The van der Waals surface area contributed by atoms with Crippen molar-refractivity contribution in [3.8, 4) is 0 Å². The van der Waals surface area contributed by atoms with E-state index in [0.29, 0.717) is 0 Å². The second-order valence-corrected chi connectivity index (χ2v) is 3.20. The smallest absolute Gasteiger partial charge is 0.350 e. The molecular formula is C9H15N2O+. The number of imidazole rings is 1. The molecule has 0 aromatic carbocycles. The number of hydrogen-bond donors (Lipinski definition) is 0. The van der Waals surface area contributed by atoms with Crippen LogP contribution in [0.2, 0.25) is 0 Å². The molecule has 3 heteroatoms. The SMILES string of the molecule is CCCn1c2c[n+](CCC)c1o2. The molecule has 3 nitrogen and oxygen atoms in total. The Kier molecular flexibility index (Phi) is 1.79. The van der Waals surface area contributed by atoms with Gasteiger partial charge in [-0.15, -0.1) is 0 Å². The molecular weight excluding hydrogens is 152 g/mol. The number of hydrogen-bond acceptors (Lipinski definition) is 1. The molecule has 3 aromatic heterocycles. The van der Waals surface area contributed by atoms with Crippen molar-refractivity contribution in [3.05, 3.63) is 6.20 Å². The minimum Gasteiger partial charge on any atom is -0.350 e. The molecule has 0 spiro atoms. The fraction of sp³-hybridized carbons (Fsp3) is 0.667. The molecule has 2 bridgehead atoms. The Hall–Kier alpha value is -0.990. The van der Waals surface area contributed by atoms with Crippen LogP contribution < -0.4 is 4.57 Å². The standard InChI is InChI=1S/C9H15N2O/c1-3-5-10-7-8-11(6-4-2)9(10)12-8/h7H,3-6H2,1-2H3/q+1. The second kappa shape index (κ2) is 2.81. The van der Waals surface area contributed by atoms with E-state index in [0.717, 1.165) is 31.1 Å². The maximum Gasteiger partial charge on any atom is 0.467 e. The monoisotopic (exact) mass is 167 g/mol. The first-order chi connectivity index (χ1) is 5.86. The summed E-state index contributed by atoms with van der Waals surface area (Å²) in [7, 11) is 0. The summed E-state index contributed by atoms with van der Waals surface area (Å²) in [5, 5.41) is 0. The lowest BCUT2D eigenvalue weighted by Gasteiger charge is -1.98. The molecule has 0 atom stereocenters. The molecule has 3 rings (SSSR count). The van der Waals surface area contributed by atoms with Gasteiger partial charge in [-0.05, 0) is 12.8 Å². The zero-order valence-corrected chi connectivity index (χ0v) is 7.71. The lowest BCUT2D eigenvalue weighted by molar-refractivity contribution is -0.674. The van der Waals surface area contributed by atoms with Gasteiger partial charge in [0, 0.05) is 0 Å². The third-order valence-corrected chi connectivity index (χ3v) is 2.12. The molecule has 3 aromatic rings. The lowest BCUT2D eigenvalue weighted by Crippen LogP contribution is -2.31. The van der Waals surface area contributed by atoms with Crippen molar-refractivity contribution in [2.45, 2.75) is 39.8 Å². The third-order valence-electron chi connectivity index (χ3n) is 2.12. The normalized spacial score (nSPS) is 11.8. The van der Waals surface area contributed by atoms with Crippen LogP contribution in [-0.4, -0.2) is 4.57 Å². The Balaban J connectivity index is 2.22. The van der Waals surface area contributed by atoms with Crippen LogP contribution in [0.3, 0.4) is 0 Å². The highest BCUT2D eigenvalue weighted by Gasteiger charge is 2.26. The van der Waals surface area contributed by atoms with E-state index >= 15 is 0 Å². The zero-order valence-electron chi connectivity index (χ0n) is 7.71. The molecule has 0 radical (unpaired) electrons. The van der Waals surface area contributed by atoms with Crippen LogP contribution in [0, 0.1) is 0 Å². The van der Waals surface area contributed by atoms with Crippen molar-refractivity contribution < 1.29 is 8.98 Å². The highest BCUT2D eigenvalue weighted by molar-refractivity contribution is 5.43. The van der Waals surface area contributed by atoms with Crippen LogP contribution >= 0.6 is 0 Å². The summed E-state index contributed by atoms with van der Waals surface area (Å²) < 4.78 is 9.83. The largest absolute Gasteiger partial charge is 0.467 e. The minimum atomic E-state index is 1.03. The zero-order chi connectivity index (χ0) is 8.55. The molecule has 66 valence electrons. The van der Waals surface area contributed by atoms with Gasteiger partial charge in [-0.3, -0.25) is 0 Å². The third kappa shape index (κ3) is 0.924. The van der Waals surface area contributed by atoms with Gasteiger partial charge in [0.25, 0.3) is 0 Å². The number of aromatic nitrogens is 2. The van der Waals surface area contributed by atoms with Crippen LogP contribution in [0.5, 0.6) is 0 Å². The lowest BCUT2D eigenvalue weighted by atomic mass is 10.5. The van der Waals surface area contributed by atoms with E-state index in [2.05, 4.69) is 29.2 Å². The molecule has 0 aliphatic heterocycles. The summed E-state index contributed by atoms with van der Waals surface area (Å²) in [4.78, 5) is 0. The molecule has 0 saturated carbocycles. The predicted octanol–water partition coefficient (Wildman–Crippen LogP) is 1.78. The van der Waals surface area contributed by atoms with Crippen molar-refractivity contribution in [1.29, 1.82) is 0 Å². The van der Waals surface area contributed by atoms with Gasteiger partial charge in [-0.2, -0.15) is 9.13 Å². The Bertz CT molecular complexity index is 335. The number of aryl methyl sites for hydroxylation is 2. The van der Waals surface area contributed by atoms with E-state index in [4.69, 9.17) is 4.42 Å². The highest BCUT2D eigenvalue weighted by Crippen LogP contribution is 2.16. The topological polar surface area (TPSA) is 21.9 Å². The van der Waals surface area contributed by atoms with Crippen molar-refractivity contribution in [1.82, 2.24) is 4.57 Å². The summed E-state index contributed by atoms with van der Waals surface area (Å²) in [5.74, 6) is 1.04. The van der Waals surface area contributed by atoms with E-state index in [1.807, 2.05) is 0 Å². The van der Waals surface area contributed by atoms with Gasteiger partial charge in [0.2, 0.25) is 0 Å². The van der Waals surface area contributed by atoms with Gasteiger partial charge in [0.1, 0.15) is 0 Å². The Morgan fingerprint density at radius 2 is 2.25 bits per heavy atom. The van der Waals surface area contributed by atoms with Crippen LogP contribution in [0.25, 0.3) is 11.6 Å². The molecule has 0 aliphatic carbocycles. The van der Waals surface area contributed by atoms with Crippen LogP contribution in [0.1, 0.15) is 26.7 Å². The first kappa shape index (κ1) is 7.65. The number of fused-ring (bicyclic) bond motifs is 1. The Morgan fingerprint density at radius 1 is 1.42 bits per heavy atom. The molecule has 0 amide bonds. The van der Waals surface area contributed by atoms with Gasteiger partial charge >= 0.3 is 11.6 Å². The van der Waals surface area contributed by atoms with Crippen LogP contribution in [-0.2, 0) is 13.1 Å². The Labute approximate surface area is 71.9 Å². The maximum atomic E-state index is 5.41. The average Bonchev–Trinajstić information content (AvgIpc) is 2.57. The van der Waals surface area contributed by atoms with Crippen molar-refractivity contribution in [2.75, 3.05) is 0 Å². The Morgan fingerprint density at radius 3 is 2.92 bits per heavy atom. The van der Waals surface area contributed by atoms with E-state index < -0.39 is 0 Å². The van der Waals surface area contributed by atoms with E-state index in [1.165, 1.54) is 6.42 Å².